The van der Waals surface area contributed by atoms with E-state index < -0.39 is 40.0 Å². The van der Waals surface area contributed by atoms with Crippen molar-refractivity contribution in [2.24, 2.45) is 4.36 Å². The Morgan fingerprint density at radius 1 is 1.18 bits per heavy atom. The molecule has 9 nitrogen and oxygen atoms in total. The van der Waals surface area contributed by atoms with E-state index in [1.54, 1.807) is 24.6 Å². The average molecular weight is 489 g/mol. The topological polar surface area (TPSA) is 115 Å². The SMILES string of the molecule is Cc1cc(N=S(C)(C)=O)cc2ncnc(Nc3ccc(F)cc3O[C@H]3CO[C@H]4C3OC[C@@H]4O)c12. The van der Waals surface area contributed by atoms with Gasteiger partial charge in [0.1, 0.15) is 42.0 Å². The zero-order valence-electron chi connectivity index (χ0n) is 18.9. The number of aliphatic hydroxyl groups excluding tert-OH is 1. The van der Waals surface area contributed by atoms with Crippen LogP contribution < -0.4 is 10.1 Å². The number of aromatic nitrogens is 2. The van der Waals surface area contributed by atoms with Crippen LogP contribution in [-0.2, 0) is 19.2 Å². The van der Waals surface area contributed by atoms with Gasteiger partial charge >= 0.3 is 0 Å². The fourth-order valence-electron chi connectivity index (χ4n) is 4.31. The summed E-state index contributed by atoms with van der Waals surface area (Å²) in [6.07, 6.45) is 2.48. The number of fused-ring (bicyclic) bond motifs is 2. The second kappa shape index (κ2) is 8.73. The van der Waals surface area contributed by atoms with Crippen molar-refractivity contribution < 1.29 is 27.9 Å². The number of benzene rings is 2. The molecule has 2 N–H and O–H groups in total. The van der Waals surface area contributed by atoms with Crippen LogP contribution in [0, 0.1) is 12.7 Å². The van der Waals surface area contributed by atoms with Crippen LogP contribution in [0.2, 0.25) is 0 Å². The lowest BCUT2D eigenvalue weighted by Gasteiger charge is -2.21. The summed E-state index contributed by atoms with van der Waals surface area (Å²) in [6.45, 7) is 2.29. The highest BCUT2D eigenvalue weighted by Gasteiger charge is 2.48. The van der Waals surface area contributed by atoms with Gasteiger partial charge in [0.15, 0.2) is 6.10 Å². The molecule has 1 aromatic heterocycles. The van der Waals surface area contributed by atoms with Crippen LogP contribution in [0.4, 0.5) is 21.6 Å². The predicted molar refractivity (Wildman–Crippen MR) is 126 cm³/mol. The minimum atomic E-state index is -2.32. The molecule has 2 aromatic carbocycles. The normalized spacial score (nSPS) is 24.3. The molecule has 1 unspecified atom stereocenters. The lowest BCUT2D eigenvalue weighted by Crippen LogP contribution is -2.34. The highest BCUT2D eigenvalue weighted by molar-refractivity contribution is 7.92. The van der Waals surface area contributed by atoms with Crippen LogP contribution in [0.3, 0.4) is 0 Å². The van der Waals surface area contributed by atoms with Crippen molar-refractivity contribution in [1.29, 1.82) is 0 Å². The Morgan fingerprint density at radius 2 is 1.97 bits per heavy atom. The maximum absolute atomic E-state index is 14.1. The van der Waals surface area contributed by atoms with E-state index in [0.717, 1.165) is 10.9 Å². The summed E-state index contributed by atoms with van der Waals surface area (Å²) in [5.41, 5.74) is 2.55. The van der Waals surface area contributed by atoms with E-state index >= 15 is 0 Å². The van der Waals surface area contributed by atoms with Gasteiger partial charge < -0.3 is 24.6 Å². The maximum Gasteiger partial charge on any atom is 0.151 e. The molecular formula is C23H25FN4O5S. The molecule has 0 saturated carbocycles. The van der Waals surface area contributed by atoms with Crippen molar-refractivity contribution in [2.45, 2.75) is 31.3 Å². The summed E-state index contributed by atoms with van der Waals surface area (Å²) >= 11 is 0. The molecule has 34 heavy (non-hydrogen) atoms. The minimum Gasteiger partial charge on any atom is -0.483 e. The number of ether oxygens (including phenoxy) is 3. The van der Waals surface area contributed by atoms with Crippen molar-refractivity contribution in [3.05, 3.63) is 48.0 Å². The van der Waals surface area contributed by atoms with E-state index in [0.29, 0.717) is 22.7 Å². The molecule has 0 bridgehead atoms. The predicted octanol–water partition coefficient (Wildman–Crippen LogP) is 3.09. The Balaban J connectivity index is 1.48. The van der Waals surface area contributed by atoms with Crippen molar-refractivity contribution in [3.8, 4) is 5.75 Å². The summed E-state index contributed by atoms with van der Waals surface area (Å²) in [4.78, 5) is 8.73. The van der Waals surface area contributed by atoms with Crippen LogP contribution >= 0.6 is 0 Å². The molecule has 3 heterocycles. The van der Waals surface area contributed by atoms with E-state index in [1.165, 1.54) is 18.5 Å². The standard InChI is InChI=1S/C23H25FN4O5S/c1-12-6-14(28-34(2,3)30)8-16-20(12)23(26-11-25-16)27-15-5-4-13(24)7-18(15)33-19-10-32-21-17(29)9-31-22(19)21/h4-8,11,17,19,21-22,29H,9-10H2,1-3H3,(H,25,26,27)/t17-,19-,21+,22?/m0/s1. The van der Waals surface area contributed by atoms with Gasteiger partial charge in [0.25, 0.3) is 0 Å². The van der Waals surface area contributed by atoms with Gasteiger partial charge in [-0.15, -0.1) is 0 Å². The number of anilines is 2. The Hall–Kier alpha value is -2.86. The highest BCUT2D eigenvalue weighted by Crippen LogP contribution is 2.36. The van der Waals surface area contributed by atoms with E-state index in [1.807, 2.05) is 13.0 Å². The lowest BCUT2D eigenvalue weighted by molar-refractivity contribution is 0.00871. The zero-order chi connectivity index (χ0) is 24.0. The first-order valence-corrected chi connectivity index (χ1v) is 13.1. The molecule has 2 aliphatic rings. The van der Waals surface area contributed by atoms with E-state index in [2.05, 4.69) is 19.6 Å². The van der Waals surface area contributed by atoms with Crippen molar-refractivity contribution in [1.82, 2.24) is 9.97 Å². The fourth-order valence-corrected chi connectivity index (χ4v) is 4.92. The second-order valence-corrected chi connectivity index (χ2v) is 11.3. The van der Waals surface area contributed by atoms with Crippen LogP contribution in [0.15, 0.2) is 41.0 Å². The summed E-state index contributed by atoms with van der Waals surface area (Å²) in [7, 11) is -2.32. The van der Waals surface area contributed by atoms with E-state index in [4.69, 9.17) is 14.2 Å². The molecule has 3 aromatic rings. The first-order valence-electron chi connectivity index (χ1n) is 10.7. The number of nitrogens with one attached hydrogen (secondary N) is 1. The van der Waals surface area contributed by atoms with Gasteiger partial charge in [0, 0.05) is 33.7 Å². The third-order valence-corrected chi connectivity index (χ3v) is 6.35. The second-order valence-electron chi connectivity index (χ2n) is 8.74. The highest BCUT2D eigenvalue weighted by atomic mass is 32.2. The Labute approximate surface area is 196 Å². The number of nitrogens with zero attached hydrogens (tertiary/aromatic N) is 3. The van der Waals surface area contributed by atoms with Gasteiger partial charge in [-0.25, -0.2) is 18.6 Å². The van der Waals surface area contributed by atoms with Crippen molar-refractivity contribution in [2.75, 3.05) is 31.0 Å². The van der Waals surface area contributed by atoms with Crippen LogP contribution in [-0.4, -0.2) is 69.4 Å². The molecule has 0 aliphatic carbocycles. The number of hydrogen-bond acceptors (Lipinski definition) is 9. The average Bonchev–Trinajstić information content (AvgIpc) is 3.32. The number of aryl methyl sites for hydroxylation is 1. The molecule has 5 rings (SSSR count). The van der Waals surface area contributed by atoms with E-state index in [-0.39, 0.29) is 19.0 Å². The first kappa shape index (κ1) is 22.9. The number of rotatable bonds is 5. The molecule has 0 radical (unpaired) electrons. The number of halogens is 1. The van der Waals surface area contributed by atoms with Crippen LogP contribution in [0.25, 0.3) is 10.9 Å². The Morgan fingerprint density at radius 3 is 2.76 bits per heavy atom. The third-order valence-electron chi connectivity index (χ3n) is 5.70. The van der Waals surface area contributed by atoms with Gasteiger partial charge in [0.2, 0.25) is 0 Å². The molecule has 0 spiro atoms. The van der Waals surface area contributed by atoms with Gasteiger partial charge in [-0.2, -0.15) is 4.36 Å². The maximum atomic E-state index is 14.1. The van der Waals surface area contributed by atoms with Crippen molar-refractivity contribution in [3.63, 3.8) is 0 Å². The lowest BCUT2D eigenvalue weighted by atomic mass is 10.1. The van der Waals surface area contributed by atoms with Gasteiger partial charge in [-0.1, -0.05) is 0 Å². The third kappa shape index (κ3) is 4.56. The molecule has 2 fully saturated rings. The fraction of sp³-hybridized carbons (Fsp3) is 0.391. The summed E-state index contributed by atoms with van der Waals surface area (Å²) in [5.74, 6) is 0.320. The smallest absolute Gasteiger partial charge is 0.151 e. The molecule has 4 atom stereocenters. The zero-order valence-corrected chi connectivity index (χ0v) is 19.7. The molecule has 2 saturated heterocycles. The Bertz CT molecular complexity index is 1370. The molecule has 180 valence electrons. The molecular weight excluding hydrogens is 463 g/mol. The van der Waals surface area contributed by atoms with Gasteiger partial charge in [-0.05, 0) is 36.8 Å². The van der Waals surface area contributed by atoms with Gasteiger partial charge in [-0.3, -0.25) is 0 Å². The molecule has 0 amide bonds. The minimum absolute atomic E-state index is 0.176. The molecule has 11 heteroatoms. The van der Waals surface area contributed by atoms with Crippen LogP contribution in [0.5, 0.6) is 5.75 Å². The molecule has 2 aliphatic heterocycles. The Kier molecular flexibility index (Phi) is 5.88. The number of aliphatic hydroxyl groups is 1. The van der Waals surface area contributed by atoms with E-state index in [9.17, 15) is 13.7 Å². The number of hydrogen-bond donors (Lipinski definition) is 2. The van der Waals surface area contributed by atoms with Crippen molar-refractivity contribution >= 4 is 37.8 Å². The summed E-state index contributed by atoms with van der Waals surface area (Å²) in [6, 6.07) is 7.75. The summed E-state index contributed by atoms with van der Waals surface area (Å²) < 4.78 is 47.8. The monoisotopic (exact) mass is 488 g/mol. The largest absolute Gasteiger partial charge is 0.483 e. The first-order chi connectivity index (χ1) is 16.2. The quantitative estimate of drug-likeness (QED) is 0.563. The summed E-state index contributed by atoms with van der Waals surface area (Å²) in [5, 5.41) is 14.0. The van der Waals surface area contributed by atoms with Crippen LogP contribution in [0.1, 0.15) is 5.56 Å². The van der Waals surface area contributed by atoms with Gasteiger partial charge in [0.05, 0.1) is 30.1 Å².